The molecule has 1 aromatic heterocycles. The van der Waals surface area contributed by atoms with Crippen LogP contribution in [-0.4, -0.2) is 29.2 Å². The molecule has 4 heteroatoms. The van der Waals surface area contributed by atoms with Crippen LogP contribution in [0, 0.1) is 0 Å². The van der Waals surface area contributed by atoms with Crippen molar-refractivity contribution in [3.8, 4) is 0 Å². The van der Waals surface area contributed by atoms with Gasteiger partial charge in [0.2, 0.25) is 0 Å². The molecule has 1 aromatic rings. The summed E-state index contributed by atoms with van der Waals surface area (Å²) >= 11 is 0. The molecule has 1 aliphatic heterocycles. The lowest BCUT2D eigenvalue weighted by molar-refractivity contribution is 0.225. The van der Waals surface area contributed by atoms with Crippen molar-refractivity contribution in [2.75, 3.05) is 13.1 Å². The van der Waals surface area contributed by atoms with Crippen molar-refractivity contribution in [2.24, 2.45) is 0 Å². The van der Waals surface area contributed by atoms with Crippen LogP contribution in [0.2, 0.25) is 0 Å². The quantitative estimate of drug-likeness (QED) is 0.826. The molecule has 2 heterocycles. The van der Waals surface area contributed by atoms with E-state index >= 15 is 0 Å². The van der Waals surface area contributed by atoms with Crippen LogP contribution in [0.15, 0.2) is 10.6 Å². The fourth-order valence-corrected chi connectivity index (χ4v) is 2.19. The third-order valence-corrected chi connectivity index (χ3v) is 3.21. The van der Waals surface area contributed by atoms with Crippen molar-refractivity contribution in [3.63, 3.8) is 0 Å². The first-order chi connectivity index (χ1) is 7.79. The molecule has 0 radical (unpaired) electrons. The van der Waals surface area contributed by atoms with Gasteiger partial charge in [-0.1, -0.05) is 12.1 Å². The van der Waals surface area contributed by atoms with Crippen LogP contribution >= 0.6 is 0 Å². The Bertz CT molecular complexity index is 324. The SMILES string of the molecule is CCNCc1cc(CN2CCCC2C)on1. The van der Waals surface area contributed by atoms with Gasteiger partial charge < -0.3 is 9.84 Å². The van der Waals surface area contributed by atoms with Crippen molar-refractivity contribution >= 4 is 0 Å². The second kappa shape index (κ2) is 5.46. The average Bonchev–Trinajstić information content (AvgIpc) is 2.87. The Kier molecular flexibility index (Phi) is 3.96. The summed E-state index contributed by atoms with van der Waals surface area (Å²) in [7, 11) is 0. The van der Waals surface area contributed by atoms with Gasteiger partial charge in [-0.25, -0.2) is 0 Å². The number of hydrogen-bond donors (Lipinski definition) is 1. The van der Waals surface area contributed by atoms with Crippen molar-refractivity contribution in [3.05, 3.63) is 17.5 Å². The molecule has 4 nitrogen and oxygen atoms in total. The Balaban J connectivity index is 1.87. The van der Waals surface area contributed by atoms with E-state index in [0.717, 1.165) is 31.1 Å². The topological polar surface area (TPSA) is 41.3 Å². The van der Waals surface area contributed by atoms with Crippen LogP contribution in [0.4, 0.5) is 0 Å². The molecule has 2 rings (SSSR count). The average molecular weight is 223 g/mol. The second-order valence-electron chi connectivity index (χ2n) is 4.53. The van der Waals surface area contributed by atoms with Gasteiger partial charge in [0.1, 0.15) is 0 Å². The van der Waals surface area contributed by atoms with Crippen LogP contribution in [0.5, 0.6) is 0 Å². The zero-order chi connectivity index (χ0) is 11.4. The summed E-state index contributed by atoms with van der Waals surface area (Å²) < 4.78 is 5.34. The first-order valence-electron chi connectivity index (χ1n) is 6.19. The summed E-state index contributed by atoms with van der Waals surface area (Å²) in [4.78, 5) is 2.46. The molecule has 1 unspecified atom stereocenters. The highest BCUT2D eigenvalue weighted by Crippen LogP contribution is 2.19. The highest BCUT2D eigenvalue weighted by molar-refractivity contribution is 5.05. The predicted octanol–water partition coefficient (Wildman–Crippen LogP) is 1.77. The van der Waals surface area contributed by atoms with Gasteiger partial charge in [-0.05, 0) is 32.9 Å². The van der Waals surface area contributed by atoms with Crippen LogP contribution in [-0.2, 0) is 13.1 Å². The summed E-state index contributed by atoms with van der Waals surface area (Å²) in [6, 6.07) is 2.75. The first-order valence-corrected chi connectivity index (χ1v) is 6.19. The molecule has 1 fully saturated rings. The van der Waals surface area contributed by atoms with Gasteiger partial charge in [-0.3, -0.25) is 4.90 Å². The minimum Gasteiger partial charge on any atom is -0.360 e. The number of aromatic nitrogens is 1. The van der Waals surface area contributed by atoms with Gasteiger partial charge >= 0.3 is 0 Å². The molecule has 1 atom stereocenters. The van der Waals surface area contributed by atoms with E-state index in [4.69, 9.17) is 4.52 Å². The van der Waals surface area contributed by atoms with Gasteiger partial charge in [0.15, 0.2) is 5.76 Å². The number of likely N-dealkylation sites (tertiary alicyclic amines) is 1. The minimum absolute atomic E-state index is 0.683. The fraction of sp³-hybridized carbons (Fsp3) is 0.750. The number of nitrogens with zero attached hydrogens (tertiary/aromatic N) is 2. The Hall–Kier alpha value is -0.870. The van der Waals surface area contributed by atoms with Crippen molar-refractivity contribution < 1.29 is 4.52 Å². The monoisotopic (exact) mass is 223 g/mol. The fourth-order valence-electron chi connectivity index (χ4n) is 2.19. The van der Waals surface area contributed by atoms with E-state index in [2.05, 4.69) is 35.3 Å². The molecular weight excluding hydrogens is 202 g/mol. The van der Waals surface area contributed by atoms with E-state index in [1.54, 1.807) is 0 Å². The summed E-state index contributed by atoms with van der Waals surface area (Å²) in [5.74, 6) is 0.988. The molecule has 1 aliphatic rings. The molecule has 0 aliphatic carbocycles. The van der Waals surface area contributed by atoms with Crippen molar-refractivity contribution in [1.82, 2.24) is 15.4 Å². The lowest BCUT2D eigenvalue weighted by Crippen LogP contribution is -2.25. The lowest BCUT2D eigenvalue weighted by atomic mass is 10.2. The smallest absolute Gasteiger partial charge is 0.151 e. The molecule has 90 valence electrons. The van der Waals surface area contributed by atoms with Gasteiger partial charge in [0.05, 0.1) is 12.2 Å². The summed E-state index contributed by atoms with van der Waals surface area (Å²) in [6.45, 7) is 8.22. The Morgan fingerprint density at radius 1 is 1.62 bits per heavy atom. The van der Waals surface area contributed by atoms with Crippen LogP contribution in [0.3, 0.4) is 0 Å². The third kappa shape index (κ3) is 2.83. The van der Waals surface area contributed by atoms with Gasteiger partial charge in [0, 0.05) is 18.7 Å². The molecule has 0 bridgehead atoms. The number of hydrogen-bond acceptors (Lipinski definition) is 4. The summed E-state index contributed by atoms with van der Waals surface area (Å²) in [5.41, 5.74) is 1.00. The molecule has 0 aromatic carbocycles. The molecule has 0 spiro atoms. The van der Waals surface area contributed by atoms with E-state index in [1.807, 2.05) is 0 Å². The standard InChI is InChI=1S/C12H21N3O/c1-3-13-8-11-7-12(16-14-11)9-15-6-4-5-10(15)2/h7,10,13H,3-6,8-9H2,1-2H3. The molecule has 16 heavy (non-hydrogen) atoms. The molecular formula is C12H21N3O. The number of rotatable bonds is 5. The second-order valence-corrected chi connectivity index (χ2v) is 4.53. The molecule has 1 saturated heterocycles. The Morgan fingerprint density at radius 3 is 3.19 bits per heavy atom. The lowest BCUT2D eigenvalue weighted by Gasteiger charge is -2.18. The van der Waals surface area contributed by atoms with Crippen molar-refractivity contribution in [2.45, 2.75) is 45.8 Å². The summed E-state index contributed by atoms with van der Waals surface area (Å²) in [6.07, 6.45) is 2.61. The van der Waals surface area contributed by atoms with Gasteiger partial charge in [-0.15, -0.1) is 0 Å². The highest BCUT2D eigenvalue weighted by Gasteiger charge is 2.21. The van der Waals surface area contributed by atoms with E-state index in [1.165, 1.54) is 19.4 Å². The van der Waals surface area contributed by atoms with E-state index < -0.39 is 0 Å². The molecule has 0 saturated carbocycles. The molecule has 0 amide bonds. The van der Waals surface area contributed by atoms with E-state index in [0.29, 0.717) is 6.04 Å². The van der Waals surface area contributed by atoms with Gasteiger partial charge in [-0.2, -0.15) is 0 Å². The number of nitrogens with one attached hydrogen (secondary N) is 1. The van der Waals surface area contributed by atoms with Crippen LogP contribution in [0.25, 0.3) is 0 Å². The largest absolute Gasteiger partial charge is 0.360 e. The maximum Gasteiger partial charge on any atom is 0.151 e. The third-order valence-electron chi connectivity index (χ3n) is 3.21. The maximum atomic E-state index is 5.34. The molecule has 1 N–H and O–H groups in total. The van der Waals surface area contributed by atoms with E-state index in [9.17, 15) is 0 Å². The summed E-state index contributed by atoms with van der Waals surface area (Å²) in [5, 5.41) is 7.30. The Morgan fingerprint density at radius 2 is 2.50 bits per heavy atom. The van der Waals surface area contributed by atoms with E-state index in [-0.39, 0.29) is 0 Å². The predicted molar refractivity (Wildman–Crippen MR) is 63.0 cm³/mol. The Labute approximate surface area is 97.0 Å². The minimum atomic E-state index is 0.683. The van der Waals surface area contributed by atoms with Crippen LogP contribution in [0.1, 0.15) is 38.1 Å². The van der Waals surface area contributed by atoms with Crippen molar-refractivity contribution in [1.29, 1.82) is 0 Å². The van der Waals surface area contributed by atoms with Crippen LogP contribution < -0.4 is 5.32 Å². The first kappa shape index (κ1) is 11.6. The zero-order valence-corrected chi connectivity index (χ0v) is 10.2. The van der Waals surface area contributed by atoms with Gasteiger partial charge in [0.25, 0.3) is 0 Å². The normalized spacial score (nSPS) is 21.8. The highest BCUT2D eigenvalue weighted by atomic mass is 16.5. The maximum absolute atomic E-state index is 5.34. The zero-order valence-electron chi connectivity index (χ0n) is 10.2.